The third-order valence-corrected chi connectivity index (χ3v) is 6.11. The average molecular weight is 486 g/mol. The Morgan fingerprint density at radius 1 is 0.806 bits per heavy atom. The van der Waals surface area contributed by atoms with Crippen LogP contribution in [-0.2, 0) is 20.7 Å². The number of amides is 1. The Bertz CT molecular complexity index is 1270. The molecule has 1 aliphatic rings. The van der Waals surface area contributed by atoms with Gasteiger partial charge in [0, 0.05) is 11.1 Å². The second kappa shape index (κ2) is 11.6. The molecule has 0 saturated carbocycles. The monoisotopic (exact) mass is 485 g/mol. The summed E-state index contributed by atoms with van der Waals surface area (Å²) < 4.78 is 16.3. The lowest BCUT2D eigenvalue weighted by Crippen LogP contribution is -2.27. The summed E-state index contributed by atoms with van der Waals surface area (Å²) >= 11 is 0. The largest absolute Gasteiger partial charge is 0.482 e. The fourth-order valence-electron chi connectivity index (χ4n) is 4.56. The van der Waals surface area contributed by atoms with Crippen molar-refractivity contribution in [3.63, 3.8) is 0 Å². The van der Waals surface area contributed by atoms with Gasteiger partial charge in [-0.25, -0.2) is 14.5 Å². The molecule has 0 bridgehead atoms. The molecule has 0 aromatic heterocycles. The molecule has 0 fully saturated rings. The summed E-state index contributed by atoms with van der Waals surface area (Å²) in [6.07, 6.45) is 1.20. The molecular weight excluding hydrogens is 454 g/mol. The Hall–Kier alpha value is -4.06. The van der Waals surface area contributed by atoms with Gasteiger partial charge in [0.1, 0.15) is 5.75 Å². The van der Waals surface area contributed by atoms with E-state index in [0.29, 0.717) is 12.4 Å². The summed E-state index contributed by atoms with van der Waals surface area (Å²) in [7, 11) is 0. The van der Waals surface area contributed by atoms with E-state index in [1.807, 2.05) is 66.7 Å². The Balaban J connectivity index is 1.80. The van der Waals surface area contributed by atoms with Gasteiger partial charge in [-0.05, 0) is 69.0 Å². The molecule has 6 nitrogen and oxygen atoms in total. The third-order valence-electron chi connectivity index (χ3n) is 6.11. The lowest BCUT2D eigenvalue weighted by atomic mass is 9.81. The smallest absolute Gasteiger partial charge is 0.418 e. The van der Waals surface area contributed by atoms with Gasteiger partial charge in [0.15, 0.2) is 6.61 Å². The minimum atomic E-state index is -0.433. The maximum absolute atomic E-state index is 13.2. The van der Waals surface area contributed by atoms with E-state index in [-0.39, 0.29) is 13.2 Å². The lowest BCUT2D eigenvalue weighted by Gasteiger charge is -2.29. The lowest BCUT2D eigenvalue weighted by molar-refractivity contribution is -0.145. The Morgan fingerprint density at radius 2 is 1.50 bits per heavy atom. The molecule has 36 heavy (non-hydrogen) atoms. The first-order valence-corrected chi connectivity index (χ1v) is 12.3. The highest BCUT2D eigenvalue weighted by molar-refractivity contribution is 6.01. The number of benzene rings is 3. The van der Waals surface area contributed by atoms with E-state index in [0.717, 1.165) is 46.5 Å². The number of anilines is 2. The van der Waals surface area contributed by atoms with Gasteiger partial charge >= 0.3 is 12.1 Å². The molecule has 6 heteroatoms. The molecule has 4 rings (SSSR count). The molecule has 3 aromatic carbocycles. The van der Waals surface area contributed by atoms with E-state index in [4.69, 9.17) is 14.2 Å². The Labute approximate surface area is 212 Å². The van der Waals surface area contributed by atoms with Crippen LogP contribution >= 0.6 is 0 Å². The fourth-order valence-corrected chi connectivity index (χ4v) is 4.56. The number of hydrogen-bond donors (Lipinski definition) is 0. The maximum Gasteiger partial charge on any atom is 0.418 e. The zero-order valence-electron chi connectivity index (χ0n) is 21.0. The van der Waals surface area contributed by atoms with Crippen LogP contribution in [0.15, 0.2) is 78.4 Å². The number of para-hydroxylation sites is 2. The molecule has 1 amide bonds. The summed E-state index contributed by atoms with van der Waals surface area (Å²) in [6, 6.07) is 23.3. The third kappa shape index (κ3) is 5.28. The summed E-state index contributed by atoms with van der Waals surface area (Å²) in [6.45, 7) is 6.15. The van der Waals surface area contributed by atoms with Gasteiger partial charge in [-0.3, -0.25) is 0 Å². The highest BCUT2D eigenvalue weighted by Crippen LogP contribution is 2.43. The van der Waals surface area contributed by atoms with Crippen molar-refractivity contribution >= 4 is 29.0 Å². The quantitative estimate of drug-likeness (QED) is 0.333. The van der Waals surface area contributed by atoms with E-state index in [1.54, 1.807) is 18.7 Å². The van der Waals surface area contributed by atoms with Gasteiger partial charge in [0.25, 0.3) is 0 Å². The number of allylic oxidation sites excluding steroid dienone is 1. The number of nitrogens with zero attached hydrogens (tertiary/aromatic N) is 1. The number of rotatable bonds is 8. The maximum atomic E-state index is 13.2. The van der Waals surface area contributed by atoms with Gasteiger partial charge in [0.05, 0.1) is 24.6 Å². The molecule has 0 saturated heterocycles. The zero-order chi connectivity index (χ0) is 25.5. The molecular formula is C30H31NO5. The number of carbonyl (C=O) groups is 2. The average Bonchev–Trinajstić information content (AvgIpc) is 2.89. The van der Waals surface area contributed by atoms with E-state index < -0.39 is 12.1 Å². The van der Waals surface area contributed by atoms with Crippen LogP contribution in [0.3, 0.4) is 0 Å². The predicted molar refractivity (Wildman–Crippen MR) is 141 cm³/mol. The SMILES string of the molecule is CCOC(=O)COc1cccc2c1CCC(C)=C2c1ccccc1N(C(=O)OCC)c1ccccc1. The molecule has 0 aliphatic heterocycles. The molecule has 0 heterocycles. The molecule has 0 atom stereocenters. The van der Waals surface area contributed by atoms with E-state index in [1.165, 1.54) is 5.57 Å². The van der Waals surface area contributed by atoms with E-state index in [2.05, 4.69) is 13.0 Å². The van der Waals surface area contributed by atoms with Gasteiger partial charge in [-0.2, -0.15) is 0 Å². The number of esters is 1. The van der Waals surface area contributed by atoms with E-state index >= 15 is 0 Å². The standard InChI is InChI=1S/C30H31NO5/c1-4-34-28(32)20-36-27-17-11-15-24-23(27)19-18-21(3)29(24)25-14-9-10-16-26(25)31(30(33)35-5-2)22-12-7-6-8-13-22/h6-17H,4-5,18-20H2,1-3H3. The van der Waals surface area contributed by atoms with Crippen molar-refractivity contribution in [3.8, 4) is 5.75 Å². The Morgan fingerprint density at radius 3 is 2.25 bits per heavy atom. The normalized spacial score (nSPS) is 12.5. The fraction of sp³-hybridized carbons (Fsp3) is 0.267. The first-order chi connectivity index (χ1) is 17.5. The number of carbonyl (C=O) groups excluding carboxylic acids is 2. The first kappa shape index (κ1) is 25.0. The number of fused-ring (bicyclic) bond motifs is 1. The van der Waals surface area contributed by atoms with Crippen LogP contribution in [0.4, 0.5) is 16.2 Å². The first-order valence-electron chi connectivity index (χ1n) is 12.3. The minimum absolute atomic E-state index is 0.135. The van der Waals surface area contributed by atoms with Crippen molar-refractivity contribution in [1.29, 1.82) is 0 Å². The van der Waals surface area contributed by atoms with Crippen LogP contribution in [0.5, 0.6) is 5.75 Å². The Kier molecular flexibility index (Phi) is 8.06. The van der Waals surface area contributed by atoms with Gasteiger partial charge < -0.3 is 14.2 Å². The molecule has 0 radical (unpaired) electrons. The van der Waals surface area contributed by atoms with Crippen molar-refractivity contribution in [2.45, 2.75) is 33.6 Å². The molecule has 0 N–H and O–H groups in total. The van der Waals surface area contributed by atoms with Crippen LogP contribution in [0.25, 0.3) is 5.57 Å². The van der Waals surface area contributed by atoms with Crippen LogP contribution in [0.1, 0.15) is 43.9 Å². The van der Waals surface area contributed by atoms with Gasteiger partial charge in [-0.15, -0.1) is 0 Å². The van der Waals surface area contributed by atoms with Crippen molar-refractivity contribution in [2.24, 2.45) is 0 Å². The molecule has 0 unspecified atom stereocenters. The molecule has 0 spiro atoms. The molecule has 1 aliphatic carbocycles. The van der Waals surface area contributed by atoms with Crippen LogP contribution < -0.4 is 9.64 Å². The second-order valence-electron chi connectivity index (χ2n) is 8.42. The van der Waals surface area contributed by atoms with Crippen molar-refractivity contribution in [3.05, 3.63) is 95.1 Å². The molecule has 186 valence electrons. The second-order valence-corrected chi connectivity index (χ2v) is 8.42. The van der Waals surface area contributed by atoms with Gasteiger partial charge in [-0.1, -0.05) is 54.1 Å². The van der Waals surface area contributed by atoms with Crippen molar-refractivity contribution in [2.75, 3.05) is 24.7 Å². The summed E-state index contributed by atoms with van der Waals surface area (Å²) in [4.78, 5) is 26.7. The summed E-state index contributed by atoms with van der Waals surface area (Å²) in [5.74, 6) is 0.282. The summed E-state index contributed by atoms with van der Waals surface area (Å²) in [5, 5.41) is 0. The zero-order valence-corrected chi connectivity index (χ0v) is 21.0. The number of hydrogen-bond acceptors (Lipinski definition) is 5. The number of ether oxygens (including phenoxy) is 3. The highest BCUT2D eigenvalue weighted by atomic mass is 16.6. The molecule has 3 aromatic rings. The van der Waals surface area contributed by atoms with Crippen molar-refractivity contribution < 1.29 is 23.8 Å². The minimum Gasteiger partial charge on any atom is -0.482 e. The predicted octanol–water partition coefficient (Wildman–Crippen LogP) is 6.69. The van der Waals surface area contributed by atoms with Gasteiger partial charge in [0.2, 0.25) is 0 Å². The summed E-state index contributed by atoms with van der Waals surface area (Å²) in [5.41, 5.74) is 6.74. The highest BCUT2D eigenvalue weighted by Gasteiger charge is 2.27. The van der Waals surface area contributed by atoms with E-state index in [9.17, 15) is 9.59 Å². The van der Waals surface area contributed by atoms with Crippen LogP contribution in [0, 0.1) is 0 Å². The van der Waals surface area contributed by atoms with Crippen LogP contribution in [0.2, 0.25) is 0 Å². The van der Waals surface area contributed by atoms with Crippen LogP contribution in [-0.4, -0.2) is 31.9 Å². The topological polar surface area (TPSA) is 65.1 Å². The van der Waals surface area contributed by atoms with Crippen molar-refractivity contribution in [1.82, 2.24) is 0 Å².